The number of aromatic carboxylic acids is 1. The molecule has 3 nitrogen and oxygen atoms in total. The van der Waals surface area contributed by atoms with E-state index in [0.717, 1.165) is 12.0 Å². The van der Waals surface area contributed by atoms with Gasteiger partial charge in [0.25, 0.3) is 0 Å². The van der Waals surface area contributed by atoms with E-state index in [9.17, 15) is 4.79 Å². The average molecular weight is 217 g/mol. The molecule has 1 aromatic carbocycles. The van der Waals surface area contributed by atoms with Gasteiger partial charge in [-0.25, -0.2) is 4.79 Å². The summed E-state index contributed by atoms with van der Waals surface area (Å²) in [6.45, 7) is 3.81. The first-order valence-corrected chi connectivity index (χ1v) is 5.15. The van der Waals surface area contributed by atoms with Crippen molar-refractivity contribution in [1.29, 1.82) is 0 Å². The summed E-state index contributed by atoms with van der Waals surface area (Å²) in [6, 6.07) is 5.01. The van der Waals surface area contributed by atoms with Crippen LogP contribution in [-0.2, 0) is 0 Å². The van der Waals surface area contributed by atoms with E-state index in [1.807, 2.05) is 19.9 Å². The normalized spacial score (nSPS) is 11.6. The van der Waals surface area contributed by atoms with Gasteiger partial charge in [-0.15, -0.1) is 6.42 Å². The first-order valence-electron chi connectivity index (χ1n) is 5.15. The maximum atomic E-state index is 11.0. The molecule has 0 amide bonds. The fourth-order valence-corrected chi connectivity index (χ4v) is 1.47. The Kier molecular flexibility index (Phi) is 3.96. The van der Waals surface area contributed by atoms with Gasteiger partial charge < -0.3 is 10.4 Å². The highest BCUT2D eigenvalue weighted by Gasteiger charge is 2.13. The van der Waals surface area contributed by atoms with Crippen LogP contribution in [0.2, 0.25) is 0 Å². The predicted octanol–water partition coefficient (Wildman–Crippen LogP) is 2.52. The van der Waals surface area contributed by atoms with Crippen molar-refractivity contribution in [3.8, 4) is 12.3 Å². The van der Waals surface area contributed by atoms with Gasteiger partial charge in [-0.1, -0.05) is 25.0 Å². The molecule has 0 bridgehead atoms. The molecule has 0 saturated heterocycles. The Morgan fingerprint density at radius 2 is 2.31 bits per heavy atom. The number of carboxylic acids is 1. The van der Waals surface area contributed by atoms with Gasteiger partial charge in [0.1, 0.15) is 0 Å². The Morgan fingerprint density at radius 1 is 1.62 bits per heavy atom. The third-order valence-corrected chi connectivity index (χ3v) is 2.43. The Balaban J connectivity index is 3.11. The fourth-order valence-electron chi connectivity index (χ4n) is 1.47. The molecule has 0 fully saturated rings. The van der Waals surface area contributed by atoms with Crippen molar-refractivity contribution in [3.63, 3.8) is 0 Å². The standard InChI is InChI=1S/C13H15NO2/c1-4-10(5-2)14-12-9(3)7-6-8-11(12)13(15)16/h1,6-8,10,14H,5H2,2-3H3,(H,15,16). The molecule has 0 saturated carbocycles. The number of para-hydroxylation sites is 1. The second kappa shape index (κ2) is 5.22. The number of anilines is 1. The van der Waals surface area contributed by atoms with E-state index in [2.05, 4.69) is 11.2 Å². The maximum absolute atomic E-state index is 11.0. The molecule has 3 heteroatoms. The zero-order chi connectivity index (χ0) is 12.1. The maximum Gasteiger partial charge on any atom is 0.337 e. The van der Waals surface area contributed by atoms with Crippen molar-refractivity contribution < 1.29 is 9.90 Å². The van der Waals surface area contributed by atoms with Crippen LogP contribution in [-0.4, -0.2) is 17.1 Å². The molecule has 1 unspecified atom stereocenters. The second-order valence-corrected chi connectivity index (χ2v) is 3.57. The molecule has 84 valence electrons. The minimum Gasteiger partial charge on any atom is -0.478 e. The fraction of sp³-hybridized carbons (Fsp3) is 0.308. The van der Waals surface area contributed by atoms with Crippen LogP contribution in [0.3, 0.4) is 0 Å². The van der Waals surface area contributed by atoms with Crippen LogP contribution in [0.15, 0.2) is 18.2 Å². The number of hydrogen-bond acceptors (Lipinski definition) is 2. The molecule has 0 aliphatic rings. The van der Waals surface area contributed by atoms with Gasteiger partial charge in [0.15, 0.2) is 0 Å². The summed E-state index contributed by atoms with van der Waals surface area (Å²) < 4.78 is 0. The van der Waals surface area contributed by atoms with Gasteiger partial charge in [-0.2, -0.15) is 0 Å². The van der Waals surface area contributed by atoms with Crippen molar-refractivity contribution in [3.05, 3.63) is 29.3 Å². The number of rotatable bonds is 4. The number of benzene rings is 1. The first kappa shape index (κ1) is 12.1. The summed E-state index contributed by atoms with van der Waals surface area (Å²) in [5, 5.41) is 12.1. The summed E-state index contributed by atoms with van der Waals surface area (Å²) in [5.74, 6) is 1.64. The highest BCUT2D eigenvalue weighted by atomic mass is 16.4. The van der Waals surface area contributed by atoms with E-state index in [1.165, 1.54) is 0 Å². The molecular weight excluding hydrogens is 202 g/mol. The van der Waals surface area contributed by atoms with E-state index >= 15 is 0 Å². The largest absolute Gasteiger partial charge is 0.478 e. The van der Waals surface area contributed by atoms with Crippen molar-refractivity contribution in [1.82, 2.24) is 0 Å². The van der Waals surface area contributed by atoms with E-state index in [-0.39, 0.29) is 11.6 Å². The minimum atomic E-state index is -0.946. The van der Waals surface area contributed by atoms with Crippen molar-refractivity contribution >= 4 is 11.7 Å². The zero-order valence-corrected chi connectivity index (χ0v) is 9.45. The number of aryl methyl sites for hydroxylation is 1. The predicted molar refractivity (Wildman–Crippen MR) is 64.7 cm³/mol. The Labute approximate surface area is 95.5 Å². The van der Waals surface area contributed by atoms with Gasteiger partial charge >= 0.3 is 5.97 Å². The molecule has 0 aromatic heterocycles. The van der Waals surface area contributed by atoms with E-state index in [0.29, 0.717) is 5.69 Å². The van der Waals surface area contributed by atoms with Gasteiger partial charge in [-0.05, 0) is 25.0 Å². The first-order chi connectivity index (χ1) is 7.60. The summed E-state index contributed by atoms with van der Waals surface area (Å²) >= 11 is 0. The molecule has 1 aromatic rings. The van der Waals surface area contributed by atoms with Crippen molar-refractivity contribution in [2.75, 3.05) is 5.32 Å². The summed E-state index contributed by atoms with van der Waals surface area (Å²) in [5.41, 5.74) is 1.75. The monoisotopic (exact) mass is 217 g/mol. The Hall–Kier alpha value is -1.95. The van der Waals surface area contributed by atoms with Gasteiger partial charge in [-0.3, -0.25) is 0 Å². The van der Waals surface area contributed by atoms with Crippen LogP contribution >= 0.6 is 0 Å². The SMILES string of the molecule is C#CC(CC)Nc1c(C)cccc1C(=O)O. The molecular formula is C13H15NO2. The van der Waals surface area contributed by atoms with Crippen LogP contribution in [0.5, 0.6) is 0 Å². The van der Waals surface area contributed by atoms with Gasteiger partial charge in [0.2, 0.25) is 0 Å². The molecule has 0 aliphatic carbocycles. The lowest BCUT2D eigenvalue weighted by Crippen LogP contribution is -2.18. The van der Waals surface area contributed by atoms with E-state index < -0.39 is 5.97 Å². The molecule has 0 heterocycles. The third kappa shape index (κ3) is 2.54. The lowest BCUT2D eigenvalue weighted by Gasteiger charge is -2.16. The number of hydrogen-bond donors (Lipinski definition) is 2. The van der Waals surface area contributed by atoms with E-state index in [1.54, 1.807) is 12.1 Å². The number of carboxylic acid groups (broad SMARTS) is 1. The topological polar surface area (TPSA) is 49.3 Å². The highest BCUT2D eigenvalue weighted by Crippen LogP contribution is 2.21. The van der Waals surface area contributed by atoms with Crippen LogP contribution in [0.4, 0.5) is 5.69 Å². The molecule has 2 N–H and O–H groups in total. The summed E-state index contributed by atoms with van der Waals surface area (Å²) in [4.78, 5) is 11.0. The molecule has 1 atom stereocenters. The smallest absolute Gasteiger partial charge is 0.337 e. The number of terminal acetylenes is 1. The van der Waals surface area contributed by atoms with Crippen LogP contribution in [0, 0.1) is 19.3 Å². The van der Waals surface area contributed by atoms with Crippen LogP contribution in [0.1, 0.15) is 29.3 Å². The van der Waals surface area contributed by atoms with Crippen LogP contribution in [0.25, 0.3) is 0 Å². The summed E-state index contributed by atoms with van der Waals surface area (Å²) in [7, 11) is 0. The minimum absolute atomic E-state index is 0.140. The molecule has 0 aliphatic heterocycles. The second-order valence-electron chi connectivity index (χ2n) is 3.57. The zero-order valence-electron chi connectivity index (χ0n) is 9.45. The highest BCUT2D eigenvalue weighted by molar-refractivity contribution is 5.95. The van der Waals surface area contributed by atoms with Gasteiger partial charge in [0, 0.05) is 0 Å². The van der Waals surface area contributed by atoms with E-state index in [4.69, 9.17) is 11.5 Å². The lowest BCUT2D eigenvalue weighted by molar-refractivity contribution is 0.0698. The molecule has 16 heavy (non-hydrogen) atoms. The Morgan fingerprint density at radius 3 is 2.81 bits per heavy atom. The Bertz CT molecular complexity index is 432. The molecule has 1 rings (SSSR count). The third-order valence-electron chi connectivity index (χ3n) is 2.43. The molecule has 0 spiro atoms. The van der Waals surface area contributed by atoms with Gasteiger partial charge in [0.05, 0.1) is 17.3 Å². The van der Waals surface area contributed by atoms with Crippen LogP contribution < -0.4 is 5.32 Å². The lowest BCUT2D eigenvalue weighted by atomic mass is 10.1. The molecule has 0 radical (unpaired) electrons. The van der Waals surface area contributed by atoms with Crippen molar-refractivity contribution in [2.45, 2.75) is 26.3 Å². The average Bonchev–Trinajstić information content (AvgIpc) is 2.27. The number of carbonyl (C=O) groups is 1. The number of nitrogens with one attached hydrogen (secondary N) is 1. The quantitative estimate of drug-likeness (QED) is 0.762. The summed E-state index contributed by atoms with van der Waals surface area (Å²) in [6.07, 6.45) is 6.10. The van der Waals surface area contributed by atoms with Crippen molar-refractivity contribution in [2.24, 2.45) is 0 Å².